The Kier molecular flexibility index (Phi) is 4.00. The van der Waals surface area contributed by atoms with Crippen molar-refractivity contribution in [3.8, 4) is 11.5 Å². The molecular formula is C15H13NO4. The summed E-state index contributed by atoms with van der Waals surface area (Å²) in [7, 11) is 1.60. The van der Waals surface area contributed by atoms with Gasteiger partial charge in [0.25, 0.3) is 0 Å². The van der Waals surface area contributed by atoms with E-state index in [4.69, 9.17) is 4.74 Å². The SMILES string of the molecule is COc1ccc(/C=C/c2ccc(O)c([N+](=O)[O-])c2)cc1. The van der Waals surface area contributed by atoms with E-state index in [-0.39, 0.29) is 11.4 Å². The van der Waals surface area contributed by atoms with Gasteiger partial charge in [0.05, 0.1) is 12.0 Å². The van der Waals surface area contributed by atoms with Crippen LogP contribution in [0, 0.1) is 10.1 Å². The maximum atomic E-state index is 10.7. The molecule has 0 amide bonds. The fourth-order valence-electron chi connectivity index (χ4n) is 1.70. The second-order valence-electron chi connectivity index (χ2n) is 4.11. The Labute approximate surface area is 115 Å². The molecule has 0 heterocycles. The number of rotatable bonds is 4. The molecule has 2 aromatic rings. The lowest BCUT2D eigenvalue weighted by Gasteiger charge is -2.00. The van der Waals surface area contributed by atoms with Gasteiger partial charge in [-0.3, -0.25) is 10.1 Å². The number of methoxy groups -OCH3 is 1. The molecule has 102 valence electrons. The zero-order valence-electron chi connectivity index (χ0n) is 10.8. The maximum absolute atomic E-state index is 10.7. The summed E-state index contributed by atoms with van der Waals surface area (Å²) in [5.74, 6) is 0.430. The first-order chi connectivity index (χ1) is 9.60. The van der Waals surface area contributed by atoms with Crippen LogP contribution in [-0.2, 0) is 0 Å². The second-order valence-corrected chi connectivity index (χ2v) is 4.11. The Hall–Kier alpha value is -2.82. The summed E-state index contributed by atoms with van der Waals surface area (Å²) in [4.78, 5) is 10.1. The van der Waals surface area contributed by atoms with Crippen LogP contribution in [-0.4, -0.2) is 17.1 Å². The average Bonchev–Trinajstić information content (AvgIpc) is 2.46. The van der Waals surface area contributed by atoms with Crippen LogP contribution in [0.2, 0.25) is 0 Å². The molecule has 5 heteroatoms. The molecule has 20 heavy (non-hydrogen) atoms. The van der Waals surface area contributed by atoms with Gasteiger partial charge in [0, 0.05) is 6.07 Å². The number of benzene rings is 2. The Morgan fingerprint density at radius 1 is 1.10 bits per heavy atom. The molecule has 0 radical (unpaired) electrons. The summed E-state index contributed by atoms with van der Waals surface area (Å²) in [5.41, 5.74) is 1.29. The highest BCUT2D eigenvalue weighted by atomic mass is 16.6. The molecule has 5 nitrogen and oxygen atoms in total. The first kappa shape index (κ1) is 13.6. The Morgan fingerprint density at radius 3 is 2.30 bits per heavy atom. The smallest absolute Gasteiger partial charge is 0.311 e. The highest BCUT2D eigenvalue weighted by molar-refractivity contribution is 5.71. The summed E-state index contributed by atoms with van der Waals surface area (Å²) in [6.07, 6.45) is 3.57. The summed E-state index contributed by atoms with van der Waals surface area (Å²) in [6, 6.07) is 11.7. The lowest BCUT2D eigenvalue weighted by Crippen LogP contribution is -1.88. The van der Waals surface area contributed by atoms with Crippen molar-refractivity contribution in [1.82, 2.24) is 0 Å². The summed E-state index contributed by atoms with van der Waals surface area (Å²) in [6.45, 7) is 0. The third kappa shape index (κ3) is 3.14. The van der Waals surface area contributed by atoms with Crippen LogP contribution in [0.25, 0.3) is 12.2 Å². The van der Waals surface area contributed by atoms with E-state index in [1.807, 2.05) is 30.3 Å². The van der Waals surface area contributed by atoms with Gasteiger partial charge in [-0.05, 0) is 29.3 Å². The van der Waals surface area contributed by atoms with Crippen LogP contribution in [0.3, 0.4) is 0 Å². The predicted octanol–water partition coefficient (Wildman–Crippen LogP) is 3.48. The summed E-state index contributed by atoms with van der Waals surface area (Å²) >= 11 is 0. The fourth-order valence-corrected chi connectivity index (χ4v) is 1.70. The first-order valence-electron chi connectivity index (χ1n) is 5.89. The van der Waals surface area contributed by atoms with Gasteiger partial charge < -0.3 is 9.84 Å². The average molecular weight is 271 g/mol. The van der Waals surface area contributed by atoms with E-state index in [0.717, 1.165) is 11.3 Å². The largest absolute Gasteiger partial charge is 0.502 e. The highest BCUT2D eigenvalue weighted by Crippen LogP contribution is 2.27. The van der Waals surface area contributed by atoms with Crippen LogP contribution in [0.4, 0.5) is 5.69 Å². The van der Waals surface area contributed by atoms with Crippen molar-refractivity contribution in [1.29, 1.82) is 0 Å². The van der Waals surface area contributed by atoms with Crippen molar-refractivity contribution in [2.24, 2.45) is 0 Å². The molecule has 0 unspecified atom stereocenters. The van der Waals surface area contributed by atoms with Crippen molar-refractivity contribution in [3.63, 3.8) is 0 Å². The number of phenols is 1. The number of nitro groups is 1. The summed E-state index contributed by atoms with van der Waals surface area (Å²) < 4.78 is 5.06. The molecule has 0 saturated carbocycles. The molecule has 2 rings (SSSR count). The second kappa shape index (κ2) is 5.88. The minimum Gasteiger partial charge on any atom is -0.502 e. The Balaban J connectivity index is 2.22. The van der Waals surface area contributed by atoms with Gasteiger partial charge in [-0.2, -0.15) is 0 Å². The van der Waals surface area contributed by atoms with Gasteiger partial charge in [-0.15, -0.1) is 0 Å². The van der Waals surface area contributed by atoms with Crippen LogP contribution in [0.1, 0.15) is 11.1 Å². The molecule has 0 aliphatic heterocycles. The van der Waals surface area contributed by atoms with E-state index in [0.29, 0.717) is 5.56 Å². The molecule has 0 atom stereocenters. The third-order valence-electron chi connectivity index (χ3n) is 2.78. The van der Waals surface area contributed by atoms with Crippen molar-refractivity contribution in [2.75, 3.05) is 7.11 Å². The van der Waals surface area contributed by atoms with Crippen molar-refractivity contribution in [3.05, 3.63) is 63.7 Å². The monoisotopic (exact) mass is 271 g/mol. The van der Waals surface area contributed by atoms with Crippen LogP contribution in [0.15, 0.2) is 42.5 Å². The molecule has 2 aromatic carbocycles. The van der Waals surface area contributed by atoms with Crippen molar-refractivity contribution >= 4 is 17.8 Å². The number of nitrogens with zero attached hydrogens (tertiary/aromatic N) is 1. The minimum absolute atomic E-state index is 0.304. The molecule has 0 spiro atoms. The van der Waals surface area contributed by atoms with Crippen molar-refractivity contribution < 1.29 is 14.8 Å². The fraction of sp³-hybridized carbons (Fsp3) is 0.0667. The van der Waals surface area contributed by atoms with Gasteiger partial charge in [0.2, 0.25) is 0 Å². The zero-order valence-corrected chi connectivity index (χ0v) is 10.8. The lowest BCUT2D eigenvalue weighted by molar-refractivity contribution is -0.385. The minimum atomic E-state index is -0.611. The standard InChI is InChI=1S/C15H13NO4/c1-20-13-7-4-11(5-8-13)2-3-12-6-9-15(17)14(10-12)16(18)19/h2-10,17H,1H3/b3-2+. The number of phenolic OH excluding ortho intramolecular Hbond substituents is 1. The van der Waals surface area contributed by atoms with Crippen molar-refractivity contribution in [2.45, 2.75) is 0 Å². The van der Waals surface area contributed by atoms with Crippen LogP contribution < -0.4 is 4.74 Å². The lowest BCUT2D eigenvalue weighted by atomic mass is 10.1. The normalized spacial score (nSPS) is 10.7. The van der Waals surface area contributed by atoms with Gasteiger partial charge in [-0.1, -0.05) is 30.4 Å². The highest BCUT2D eigenvalue weighted by Gasteiger charge is 2.12. The van der Waals surface area contributed by atoms with Crippen LogP contribution in [0.5, 0.6) is 11.5 Å². The van der Waals surface area contributed by atoms with Gasteiger partial charge >= 0.3 is 5.69 Å². The molecule has 0 saturated heterocycles. The summed E-state index contributed by atoms with van der Waals surface area (Å²) in [5, 5.41) is 20.1. The van der Waals surface area contributed by atoms with E-state index in [1.165, 1.54) is 12.1 Å². The first-order valence-corrected chi connectivity index (χ1v) is 5.89. The Morgan fingerprint density at radius 2 is 1.70 bits per heavy atom. The molecule has 0 aromatic heterocycles. The molecule has 1 N–H and O–H groups in total. The number of aromatic hydroxyl groups is 1. The van der Waals surface area contributed by atoms with Crippen LogP contribution >= 0.6 is 0 Å². The molecule has 0 fully saturated rings. The molecule has 0 aliphatic carbocycles. The molecular weight excluding hydrogens is 258 g/mol. The molecule has 0 aliphatic rings. The number of nitro benzene ring substituents is 1. The topological polar surface area (TPSA) is 72.6 Å². The van der Waals surface area contributed by atoms with E-state index in [2.05, 4.69) is 0 Å². The quantitative estimate of drug-likeness (QED) is 0.525. The van der Waals surface area contributed by atoms with E-state index in [1.54, 1.807) is 19.3 Å². The predicted molar refractivity (Wildman–Crippen MR) is 76.7 cm³/mol. The Bertz CT molecular complexity index is 647. The zero-order chi connectivity index (χ0) is 14.5. The molecule has 0 bridgehead atoms. The van der Waals surface area contributed by atoms with E-state index < -0.39 is 4.92 Å². The van der Waals surface area contributed by atoms with Gasteiger partial charge in [0.1, 0.15) is 5.75 Å². The van der Waals surface area contributed by atoms with E-state index in [9.17, 15) is 15.2 Å². The third-order valence-corrected chi connectivity index (χ3v) is 2.78. The van der Waals surface area contributed by atoms with Gasteiger partial charge in [0.15, 0.2) is 5.75 Å². The van der Waals surface area contributed by atoms with E-state index >= 15 is 0 Å². The maximum Gasteiger partial charge on any atom is 0.311 e. The number of ether oxygens (including phenoxy) is 1. The van der Waals surface area contributed by atoms with Gasteiger partial charge in [-0.25, -0.2) is 0 Å². The number of hydrogen-bond acceptors (Lipinski definition) is 4. The number of hydrogen-bond donors (Lipinski definition) is 1.